The molecule has 1 saturated carbocycles. The first-order valence-corrected chi connectivity index (χ1v) is 11.7. The summed E-state index contributed by atoms with van der Waals surface area (Å²) in [5, 5.41) is 4.20. The first-order valence-electron chi connectivity index (χ1n) is 11.7. The lowest BCUT2D eigenvalue weighted by molar-refractivity contribution is 0.260. The third-order valence-corrected chi connectivity index (χ3v) is 6.73. The van der Waals surface area contributed by atoms with Crippen molar-refractivity contribution >= 4 is 17.0 Å². The molecular weight excluding hydrogens is 439 g/mol. The molecule has 0 spiro atoms. The molecule has 2 aromatic carbocycles. The van der Waals surface area contributed by atoms with E-state index in [1.165, 1.54) is 12.3 Å². The SMILES string of the molecule is COc1ccc2ncc(F)c(C[C@@H](N)C3CCC(NC/C=C/c4cc(F)ccc4F)CC3)c2c1. The van der Waals surface area contributed by atoms with Crippen LogP contribution in [0.1, 0.15) is 36.8 Å². The van der Waals surface area contributed by atoms with Gasteiger partial charge in [-0.1, -0.05) is 12.2 Å². The maximum absolute atomic E-state index is 14.7. The minimum Gasteiger partial charge on any atom is -0.497 e. The average molecular weight is 470 g/mol. The summed E-state index contributed by atoms with van der Waals surface area (Å²) in [5.74, 6) is -0.266. The van der Waals surface area contributed by atoms with Crippen LogP contribution in [-0.4, -0.2) is 30.7 Å². The van der Waals surface area contributed by atoms with Crippen LogP contribution in [0, 0.1) is 23.4 Å². The number of halogens is 3. The van der Waals surface area contributed by atoms with Gasteiger partial charge in [0.15, 0.2) is 0 Å². The van der Waals surface area contributed by atoms with E-state index in [4.69, 9.17) is 10.5 Å². The van der Waals surface area contributed by atoms with Gasteiger partial charge in [0.1, 0.15) is 23.2 Å². The van der Waals surface area contributed by atoms with E-state index in [0.29, 0.717) is 36.2 Å². The predicted octanol–water partition coefficient (Wildman–Crippen LogP) is 5.39. The number of hydrogen-bond donors (Lipinski definition) is 2. The summed E-state index contributed by atoms with van der Waals surface area (Å²) in [4.78, 5) is 4.19. The maximum atomic E-state index is 14.7. The quantitative estimate of drug-likeness (QED) is 0.464. The van der Waals surface area contributed by atoms with Crippen molar-refractivity contribution < 1.29 is 17.9 Å². The van der Waals surface area contributed by atoms with E-state index in [1.807, 2.05) is 18.2 Å². The Labute approximate surface area is 198 Å². The van der Waals surface area contributed by atoms with Crippen molar-refractivity contribution in [1.82, 2.24) is 10.3 Å². The van der Waals surface area contributed by atoms with E-state index < -0.39 is 11.6 Å². The molecular formula is C27H30F3N3O. The zero-order valence-corrected chi connectivity index (χ0v) is 19.2. The molecule has 1 fully saturated rings. The number of ether oxygens (including phenoxy) is 1. The van der Waals surface area contributed by atoms with Gasteiger partial charge >= 0.3 is 0 Å². The fourth-order valence-electron chi connectivity index (χ4n) is 4.75. The van der Waals surface area contributed by atoms with Gasteiger partial charge in [0.25, 0.3) is 0 Å². The zero-order chi connectivity index (χ0) is 24.1. The van der Waals surface area contributed by atoms with Crippen LogP contribution < -0.4 is 15.8 Å². The summed E-state index contributed by atoms with van der Waals surface area (Å²) in [6.07, 6.45) is 8.95. The van der Waals surface area contributed by atoms with Crippen LogP contribution in [-0.2, 0) is 6.42 Å². The Kier molecular flexibility index (Phi) is 7.85. The van der Waals surface area contributed by atoms with E-state index >= 15 is 0 Å². The third kappa shape index (κ3) is 5.77. The molecule has 1 aromatic heterocycles. The van der Waals surface area contributed by atoms with E-state index in [0.717, 1.165) is 48.7 Å². The van der Waals surface area contributed by atoms with Gasteiger partial charge in [-0.15, -0.1) is 0 Å². The van der Waals surface area contributed by atoms with Gasteiger partial charge in [-0.2, -0.15) is 0 Å². The molecule has 0 saturated heterocycles. The van der Waals surface area contributed by atoms with Gasteiger partial charge in [0, 0.05) is 35.1 Å². The van der Waals surface area contributed by atoms with Crippen molar-refractivity contribution in [3.63, 3.8) is 0 Å². The monoisotopic (exact) mass is 469 g/mol. The molecule has 1 aliphatic rings. The van der Waals surface area contributed by atoms with Crippen LogP contribution in [0.5, 0.6) is 5.75 Å². The second-order valence-electron chi connectivity index (χ2n) is 8.92. The van der Waals surface area contributed by atoms with E-state index in [2.05, 4.69) is 10.3 Å². The summed E-state index contributed by atoms with van der Waals surface area (Å²) in [5.41, 5.74) is 8.11. The number of pyridine rings is 1. The standard InChI is InChI=1S/C27H30F3N3O/c1-34-21-9-11-27-23(14-21)22(25(30)16-33-27)15-26(31)17-4-7-20(8-5-17)32-12-2-3-18-13-19(28)6-10-24(18)29/h2-3,6,9-11,13-14,16-17,20,26,32H,4-5,7-8,12,15,31H2,1H3/b3-2+/t17?,20?,26-/m1/s1. The summed E-state index contributed by atoms with van der Waals surface area (Å²) in [7, 11) is 1.58. The van der Waals surface area contributed by atoms with Crippen LogP contribution in [0.3, 0.4) is 0 Å². The normalized spacial score (nSPS) is 19.6. The maximum Gasteiger partial charge on any atom is 0.145 e. The molecule has 3 aromatic rings. The Balaban J connectivity index is 1.30. The number of aromatic nitrogens is 1. The molecule has 0 radical (unpaired) electrons. The number of hydrogen-bond acceptors (Lipinski definition) is 4. The topological polar surface area (TPSA) is 60.2 Å². The highest BCUT2D eigenvalue weighted by atomic mass is 19.1. The number of nitrogens with zero attached hydrogens (tertiary/aromatic N) is 1. The summed E-state index contributed by atoms with van der Waals surface area (Å²) in [6, 6.07) is 9.07. The molecule has 0 aliphatic heterocycles. The molecule has 4 rings (SSSR count). The molecule has 1 atom stereocenters. The summed E-state index contributed by atoms with van der Waals surface area (Å²) in [6.45, 7) is 0.577. The van der Waals surface area contributed by atoms with Crippen LogP contribution in [0.25, 0.3) is 17.0 Å². The lowest BCUT2D eigenvalue weighted by Gasteiger charge is -2.32. The molecule has 1 heterocycles. The van der Waals surface area contributed by atoms with Crippen molar-refractivity contribution in [1.29, 1.82) is 0 Å². The molecule has 3 N–H and O–H groups in total. The van der Waals surface area contributed by atoms with E-state index in [1.54, 1.807) is 19.3 Å². The number of nitrogens with two attached hydrogens (primary N) is 1. The van der Waals surface area contributed by atoms with Gasteiger partial charge in [0.05, 0.1) is 18.8 Å². The van der Waals surface area contributed by atoms with Crippen molar-refractivity contribution in [2.45, 2.75) is 44.2 Å². The van der Waals surface area contributed by atoms with Gasteiger partial charge in [0.2, 0.25) is 0 Å². The number of benzene rings is 2. The molecule has 0 amide bonds. The lowest BCUT2D eigenvalue weighted by atomic mass is 9.79. The van der Waals surface area contributed by atoms with Crippen molar-refractivity contribution in [3.05, 3.63) is 77.2 Å². The first kappa shape index (κ1) is 24.2. The van der Waals surface area contributed by atoms with Gasteiger partial charge in [-0.3, -0.25) is 4.98 Å². The Morgan fingerprint density at radius 1 is 1.09 bits per heavy atom. The van der Waals surface area contributed by atoms with Crippen molar-refractivity contribution in [2.24, 2.45) is 11.7 Å². The number of rotatable bonds is 8. The smallest absolute Gasteiger partial charge is 0.145 e. The van der Waals surface area contributed by atoms with E-state index in [-0.39, 0.29) is 17.4 Å². The second kappa shape index (κ2) is 11.0. The molecule has 0 unspecified atom stereocenters. The minimum atomic E-state index is -0.456. The highest BCUT2D eigenvalue weighted by Gasteiger charge is 2.26. The first-order chi connectivity index (χ1) is 16.4. The van der Waals surface area contributed by atoms with Crippen molar-refractivity contribution in [3.8, 4) is 5.75 Å². The Bertz CT molecular complexity index is 1160. The summed E-state index contributed by atoms with van der Waals surface area (Å²) < 4.78 is 46.9. The number of nitrogens with one attached hydrogen (secondary N) is 1. The zero-order valence-electron chi connectivity index (χ0n) is 19.2. The van der Waals surface area contributed by atoms with E-state index in [9.17, 15) is 13.2 Å². The van der Waals surface area contributed by atoms with Crippen molar-refractivity contribution in [2.75, 3.05) is 13.7 Å². The van der Waals surface area contributed by atoms with Gasteiger partial charge < -0.3 is 15.8 Å². The molecule has 34 heavy (non-hydrogen) atoms. The molecule has 180 valence electrons. The van der Waals surface area contributed by atoms with Crippen LogP contribution >= 0.6 is 0 Å². The fourth-order valence-corrected chi connectivity index (χ4v) is 4.75. The molecule has 0 bridgehead atoms. The largest absolute Gasteiger partial charge is 0.497 e. The minimum absolute atomic E-state index is 0.150. The van der Waals surface area contributed by atoms with Gasteiger partial charge in [-0.25, -0.2) is 13.2 Å². The highest BCUT2D eigenvalue weighted by molar-refractivity contribution is 5.83. The predicted molar refractivity (Wildman–Crippen MR) is 129 cm³/mol. The number of fused-ring (bicyclic) bond motifs is 1. The van der Waals surface area contributed by atoms with Crippen LogP contribution in [0.2, 0.25) is 0 Å². The second-order valence-corrected chi connectivity index (χ2v) is 8.92. The Hall–Kier alpha value is -2.90. The fraction of sp³-hybridized carbons (Fsp3) is 0.370. The number of methoxy groups -OCH3 is 1. The average Bonchev–Trinajstić information content (AvgIpc) is 2.85. The lowest BCUT2D eigenvalue weighted by Crippen LogP contribution is -2.40. The molecule has 1 aliphatic carbocycles. The molecule has 4 nitrogen and oxygen atoms in total. The highest BCUT2D eigenvalue weighted by Crippen LogP contribution is 2.30. The summed E-state index contributed by atoms with van der Waals surface area (Å²) >= 11 is 0. The Morgan fingerprint density at radius 2 is 1.88 bits per heavy atom. The molecule has 7 heteroatoms. The van der Waals surface area contributed by atoms with Gasteiger partial charge in [-0.05, 0) is 74.4 Å². The van der Waals surface area contributed by atoms with Crippen LogP contribution in [0.15, 0.2) is 48.7 Å². The van der Waals surface area contributed by atoms with Crippen LogP contribution in [0.4, 0.5) is 13.2 Å². The third-order valence-electron chi connectivity index (χ3n) is 6.73. The Morgan fingerprint density at radius 3 is 2.65 bits per heavy atom.